The Balaban J connectivity index is 2.36. The van der Waals surface area contributed by atoms with Gasteiger partial charge in [0.05, 0.1) is 22.7 Å². The molecule has 0 atom stereocenters. The molecule has 0 aliphatic carbocycles. The molecule has 0 unspecified atom stereocenters. The third kappa shape index (κ3) is 2.70. The van der Waals surface area contributed by atoms with Crippen LogP contribution < -0.4 is 4.74 Å². The molecular weight excluding hydrogens is 388 g/mol. The van der Waals surface area contributed by atoms with Crippen molar-refractivity contribution < 1.29 is 23.5 Å². The molecule has 130 valence electrons. The van der Waals surface area contributed by atoms with Gasteiger partial charge in [0.25, 0.3) is 0 Å². The third-order valence-electron chi connectivity index (χ3n) is 4.23. The fourth-order valence-corrected chi connectivity index (χ4v) is 3.64. The summed E-state index contributed by atoms with van der Waals surface area (Å²) in [6, 6.07) is 3.67. The fraction of sp³-hybridized carbons (Fsp3) is 0.263. The van der Waals surface area contributed by atoms with Crippen LogP contribution in [0.3, 0.4) is 0 Å². The number of carbonyl (C=O) groups is 2. The van der Waals surface area contributed by atoms with Gasteiger partial charge in [0.15, 0.2) is 0 Å². The highest BCUT2D eigenvalue weighted by atomic mass is 79.9. The summed E-state index contributed by atoms with van der Waals surface area (Å²) in [5.41, 5.74) is 3.42. The lowest BCUT2D eigenvalue weighted by Crippen LogP contribution is -2.00. The van der Waals surface area contributed by atoms with E-state index in [1.807, 2.05) is 19.1 Å². The number of fused-ring (bicyclic) bond motifs is 1. The molecule has 0 radical (unpaired) electrons. The van der Waals surface area contributed by atoms with Crippen LogP contribution in [0.2, 0.25) is 0 Å². The van der Waals surface area contributed by atoms with Crippen LogP contribution in [-0.4, -0.2) is 19.0 Å². The highest BCUT2D eigenvalue weighted by Gasteiger charge is 2.37. The third-order valence-corrected chi connectivity index (χ3v) is 4.85. The van der Waals surface area contributed by atoms with Crippen LogP contribution >= 0.6 is 15.9 Å². The molecule has 1 aromatic carbocycles. The van der Waals surface area contributed by atoms with Gasteiger partial charge in [-0.05, 0) is 61.3 Å². The number of hydrogen-bond acceptors (Lipinski definition) is 5. The summed E-state index contributed by atoms with van der Waals surface area (Å²) in [5, 5.41) is 0.808. The highest BCUT2D eigenvalue weighted by Crippen LogP contribution is 2.40. The number of aryl methyl sites for hydroxylation is 1. The van der Waals surface area contributed by atoms with Crippen molar-refractivity contribution in [3.63, 3.8) is 0 Å². The molecule has 2 aromatic rings. The molecule has 0 bridgehead atoms. The molecule has 5 nitrogen and oxygen atoms in total. The van der Waals surface area contributed by atoms with Crippen molar-refractivity contribution in [3.05, 3.63) is 44.6 Å². The number of carbonyl (C=O) groups excluding carboxylic acids is 2. The number of furan rings is 1. The number of halogens is 1. The van der Waals surface area contributed by atoms with Crippen molar-refractivity contribution in [2.45, 2.75) is 27.7 Å². The predicted octanol–water partition coefficient (Wildman–Crippen LogP) is 4.71. The Morgan fingerprint density at radius 2 is 1.72 bits per heavy atom. The van der Waals surface area contributed by atoms with Gasteiger partial charge >= 0.3 is 11.9 Å². The number of ether oxygens (including phenoxy) is 2. The second kappa shape index (κ2) is 6.19. The number of hydrogen-bond donors (Lipinski definition) is 0. The van der Waals surface area contributed by atoms with Gasteiger partial charge in [0.1, 0.15) is 17.1 Å². The van der Waals surface area contributed by atoms with Crippen LogP contribution in [0.25, 0.3) is 16.5 Å². The summed E-state index contributed by atoms with van der Waals surface area (Å²) in [6.07, 6.45) is 0. The lowest BCUT2D eigenvalue weighted by molar-refractivity contribution is -0.149. The summed E-state index contributed by atoms with van der Waals surface area (Å²) in [4.78, 5) is 24.3. The zero-order chi connectivity index (χ0) is 18.5. The summed E-state index contributed by atoms with van der Waals surface area (Å²) in [6.45, 7) is 7.18. The first-order valence-corrected chi connectivity index (χ1v) is 8.47. The van der Waals surface area contributed by atoms with Gasteiger partial charge in [-0.25, -0.2) is 9.59 Å². The largest absolute Gasteiger partial charge is 0.496 e. The maximum absolute atomic E-state index is 12.3. The Bertz CT molecular complexity index is 987. The lowest BCUT2D eigenvalue weighted by Gasteiger charge is -2.07. The van der Waals surface area contributed by atoms with E-state index in [1.54, 1.807) is 27.9 Å². The molecule has 1 aliphatic rings. The van der Waals surface area contributed by atoms with Gasteiger partial charge in [-0.15, -0.1) is 0 Å². The summed E-state index contributed by atoms with van der Waals surface area (Å²) >= 11 is 3.44. The number of rotatable bonds is 2. The molecule has 1 aromatic heterocycles. The van der Waals surface area contributed by atoms with Crippen LogP contribution in [0.15, 0.2) is 37.7 Å². The number of benzene rings is 1. The first kappa shape index (κ1) is 17.5. The molecule has 3 rings (SSSR count). The fourth-order valence-electron chi connectivity index (χ4n) is 3.15. The van der Waals surface area contributed by atoms with Crippen molar-refractivity contribution in [1.82, 2.24) is 0 Å². The number of esters is 2. The van der Waals surface area contributed by atoms with E-state index in [2.05, 4.69) is 15.9 Å². The quantitative estimate of drug-likeness (QED) is 0.412. The Morgan fingerprint density at radius 3 is 2.32 bits per heavy atom. The summed E-state index contributed by atoms with van der Waals surface area (Å²) in [5.74, 6) is 0.0712. The van der Waals surface area contributed by atoms with Gasteiger partial charge < -0.3 is 13.9 Å². The van der Waals surface area contributed by atoms with Gasteiger partial charge in [0.2, 0.25) is 0 Å². The molecule has 0 amide bonds. The predicted molar refractivity (Wildman–Crippen MR) is 97.3 cm³/mol. The van der Waals surface area contributed by atoms with Gasteiger partial charge in [-0.2, -0.15) is 0 Å². The Hall–Kier alpha value is -2.34. The number of methoxy groups -OCH3 is 1. The zero-order valence-electron chi connectivity index (χ0n) is 14.6. The first-order valence-electron chi connectivity index (χ1n) is 7.68. The van der Waals surface area contributed by atoms with Crippen LogP contribution in [0, 0.1) is 6.92 Å². The van der Waals surface area contributed by atoms with Crippen molar-refractivity contribution in [1.29, 1.82) is 0 Å². The van der Waals surface area contributed by atoms with Crippen LogP contribution in [-0.2, 0) is 14.3 Å². The monoisotopic (exact) mass is 404 g/mol. The van der Waals surface area contributed by atoms with Gasteiger partial charge in [-0.3, -0.25) is 0 Å². The Labute approximate surface area is 153 Å². The first-order chi connectivity index (χ1) is 11.8. The normalized spacial score (nSPS) is 16.5. The van der Waals surface area contributed by atoms with E-state index in [9.17, 15) is 9.59 Å². The lowest BCUT2D eigenvalue weighted by atomic mass is 9.93. The zero-order valence-corrected chi connectivity index (χ0v) is 16.2. The standard InChI is InChI=1S/C19H17BrO5/c1-8(2)15-17(19(22)25-18(15)21)9(3)16-10(4)24-13-7-12(20)14(23-5)6-11(13)16/h6-7H,1-5H3/b17-9+. The van der Waals surface area contributed by atoms with Crippen molar-refractivity contribution >= 4 is 44.4 Å². The smallest absolute Gasteiger partial charge is 0.347 e. The summed E-state index contributed by atoms with van der Waals surface area (Å²) < 4.78 is 16.8. The van der Waals surface area contributed by atoms with Gasteiger partial charge in [0, 0.05) is 10.9 Å². The van der Waals surface area contributed by atoms with Crippen LogP contribution in [0.4, 0.5) is 0 Å². The van der Waals surface area contributed by atoms with Gasteiger partial charge in [-0.1, -0.05) is 5.57 Å². The molecule has 25 heavy (non-hydrogen) atoms. The topological polar surface area (TPSA) is 65.7 Å². The van der Waals surface area contributed by atoms with E-state index < -0.39 is 11.9 Å². The van der Waals surface area contributed by atoms with E-state index >= 15 is 0 Å². The molecule has 0 N–H and O–H groups in total. The van der Waals surface area contributed by atoms with Crippen LogP contribution in [0.5, 0.6) is 5.75 Å². The number of cyclic esters (lactones) is 2. The van der Waals surface area contributed by atoms with Crippen LogP contribution in [0.1, 0.15) is 32.1 Å². The maximum Gasteiger partial charge on any atom is 0.347 e. The second-order valence-electron chi connectivity index (χ2n) is 6.07. The minimum Gasteiger partial charge on any atom is -0.496 e. The Morgan fingerprint density at radius 1 is 1.08 bits per heavy atom. The van der Waals surface area contributed by atoms with E-state index in [0.29, 0.717) is 28.2 Å². The average Bonchev–Trinajstić information content (AvgIpc) is 3.00. The van der Waals surface area contributed by atoms with E-state index in [0.717, 1.165) is 21.0 Å². The molecule has 2 heterocycles. The molecule has 0 saturated carbocycles. The molecule has 1 aliphatic heterocycles. The molecule has 1 saturated heterocycles. The molecule has 0 spiro atoms. The van der Waals surface area contributed by atoms with E-state index in [-0.39, 0.29) is 5.57 Å². The van der Waals surface area contributed by atoms with Crippen molar-refractivity contribution in [2.75, 3.05) is 7.11 Å². The van der Waals surface area contributed by atoms with Crippen molar-refractivity contribution in [2.24, 2.45) is 0 Å². The summed E-state index contributed by atoms with van der Waals surface area (Å²) in [7, 11) is 1.58. The molecule has 1 fully saturated rings. The molecule has 6 heteroatoms. The maximum atomic E-state index is 12.3. The number of allylic oxidation sites excluding steroid dienone is 2. The van der Waals surface area contributed by atoms with E-state index in [1.165, 1.54) is 0 Å². The minimum absolute atomic E-state index is 0.290. The van der Waals surface area contributed by atoms with E-state index in [4.69, 9.17) is 13.9 Å². The van der Waals surface area contributed by atoms with Crippen molar-refractivity contribution in [3.8, 4) is 5.75 Å². The molecular formula is C19H17BrO5. The minimum atomic E-state index is -0.628. The second-order valence-corrected chi connectivity index (χ2v) is 6.92. The highest BCUT2D eigenvalue weighted by molar-refractivity contribution is 9.10. The average molecular weight is 405 g/mol. The Kier molecular flexibility index (Phi) is 4.33. The SMILES string of the molecule is COc1cc2c(/C(C)=C3/C(=O)OC(=O)C3=C(C)C)c(C)oc2cc1Br.